The number of nitrogens with zero attached hydrogens (tertiary/aromatic N) is 4. The molecule has 0 spiro atoms. The maximum atomic E-state index is 11.6. The number of hydrogen-bond donors (Lipinski definition) is 4. The molecule has 0 aliphatic rings. The first-order valence-corrected chi connectivity index (χ1v) is 4.77. The molecule has 0 atom stereocenters. The molecule has 0 aliphatic carbocycles. The predicted molar refractivity (Wildman–Crippen MR) is 62.7 cm³/mol. The van der Waals surface area contributed by atoms with E-state index in [0.29, 0.717) is 0 Å². The van der Waals surface area contributed by atoms with Gasteiger partial charge in [-0.15, -0.1) is 0 Å². The molecule has 3 rings (SSSR count). The van der Waals surface area contributed by atoms with Crippen molar-refractivity contribution in [1.82, 2.24) is 29.9 Å². The minimum Gasteiger partial charge on any atom is -0.369 e. The van der Waals surface area contributed by atoms with E-state index in [1.165, 1.54) is 0 Å². The average molecular weight is 246 g/mol. The molecule has 0 fully saturated rings. The van der Waals surface area contributed by atoms with E-state index in [4.69, 9.17) is 11.5 Å². The Hall–Kier alpha value is -3.04. The van der Waals surface area contributed by atoms with Crippen LogP contribution in [-0.4, -0.2) is 29.9 Å². The van der Waals surface area contributed by atoms with Gasteiger partial charge in [0.05, 0.1) is 0 Å². The standard InChI is InChI=1S/C8H6N8O2/c9-7-13-3-1(5(17)15-7)11-4-2(12-3)6(18)16-8(10)14-4/h(H3,10,11,14,16,18)(H3,9,12,13,15,17). The van der Waals surface area contributed by atoms with Crippen LogP contribution in [0.25, 0.3) is 22.3 Å². The van der Waals surface area contributed by atoms with Crippen molar-refractivity contribution in [2.24, 2.45) is 0 Å². The van der Waals surface area contributed by atoms with Gasteiger partial charge in [0.2, 0.25) is 11.9 Å². The van der Waals surface area contributed by atoms with Crippen molar-refractivity contribution in [3.63, 3.8) is 0 Å². The summed E-state index contributed by atoms with van der Waals surface area (Å²) >= 11 is 0. The quantitative estimate of drug-likeness (QED) is 0.333. The van der Waals surface area contributed by atoms with Gasteiger partial charge in [-0.3, -0.25) is 19.6 Å². The minimum absolute atomic E-state index is 0.0270. The van der Waals surface area contributed by atoms with Crippen LogP contribution in [0.15, 0.2) is 9.59 Å². The number of nitrogens with one attached hydrogen (secondary N) is 2. The Kier molecular flexibility index (Phi) is 1.82. The van der Waals surface area contributed by atoms with Crippen molar-refractivity contribution in [1.29, 1.82) is 0 Å². The minimum atomic E-state index is -0.562. The summed E-state index contributed by atoms with van der Waals surface area (Å²) in [5.74, 6) is -0.220. The van der Waals surface area contributed by atoms with E-state index in [-0.39, 0.29) is 34.2 Å². The molecule has 0 aliphatic heterocycles. The largest absolute Gasteiger partial charge is 0.369 e. The van der Waals surface area contributed by atoms with Gasteiger partial charge >= 0.3 is 0 Å². The third-order valence-corrected chi connectivity index (χ3v) is 2.23. The molecule has 0 saturated heterocycles. The van der Waals surface area contributed by atoms with Crippen molar-refractivity contribution in [2.75, 3.05) is 11.5 Å². The number of aromatic nitrogens is 6. The Morgan fingerprint density at radius 2 is 1.11 bits per heavy atom. The summed E-state index contributed by atoms with van der Waals surface area (Å²) in [5.41, 5.74) is 9.45. The molecule has 10 nitrogen and oxygen atoms in total. The first-order valence-electron chi connectivity index (χ1n) is 4.77. The zero-order valence-electron chi connectivity index (χ0n) is 8.76. The summed E-state index contributed by atoms with van der Waals surface area (Å²) in [6.45, 7) is 0. The normalized spacial score (nSPS) is 11.1. The summed E-state index contributed by atoms with van der Waals surface area (Å²) in [5, 5.41) is 0. The van der Waals surface area contributed by atoms with Gasteiger partial charge in [-0.25, -0.2) is 9.97 Å². The van der Waals surface area contributed by atoms with Crippen molar-refractivity contribution in [3.8, 4) is 0 Å². The molecule has 0 bridgehead atoms. The number of anilines is 2. The molecule has 3 heterocycles. The van der Waals surface area contributed by atoms with Crippen LogP contribution in [-0.2, 0) is 0 Å². The van der Waals surface area contributed by atoms with Crippen LogP contribution in [0.3, 0.4) is 0 Å². The maximum absolute atomic E-state index is 11.6. The summed E-state index contributed by atoms with van der Waals surface area (Å²) in [6, 6.07) is 0. The summed E-state index contributed by atoms with van der Waals surface area (Å²) in [4.78, 5) is 43.1. The smallest absolute Gasteiger partial charge is 0.280 e. The van der Waals surface area contributed by atoms with Crippen LogP contribution in [0.5, 0.6) is 0 Å². The number of H-pyrrole nitrogens is 2. The third-order valence-electron chi connectivity index (χ3n) is 2.23. The van der Waals surface area contributed by atoms with Crippen LogP contribution in [0.1, 0.15) is 0 Å². The SMILES string of the molecule is Nc1nc2nc3c(=O)[nH]c(N)nc3nc2c(=O)[nH]1. The van der Waals surface area contributed by atoms with E-state index >= 15 is 0 Å². The van der Waals surface area contributed by atoms with Gasteiger partial charge in [0, 0.05) is 0 Å². The molecule has 18 heavy (non-hydrogen) atoms. The number of rotatable bonds is 0. The Balaban J connectivity index is 2.59. The highest BCUT2D eigenvalue weighted by Crippen LogP contribution is 2.07. The van der Waals surface area contributed by atoms with E-state index < -0.39 is 11.1 Å². The highest BCUT2D eigenvalue weighted by Gasteiger charge is 2.11. The highest BCUT2D eigenvalue weighted by molar-refractivity contribution is 5.81. The zero-order valence-corrected chi connectivity index (χ0v) is 8.76. The number of aromatic amines is 2. The first-order chi connectivity index (χ1) is 8.54. The Morgan fingerprint density at radius 3 is 1.50 bits per heavy atom. The van der Waals surface area contributed by atoms with E-state index in [1.807, 2.05) is 0 Å². The van der Waals surface area contributed by atoms with Crippen LogP contribution in [0.2, 0.25) is 0 Å². The lowest BCUT2D eigenvalue weighted by molar-refractivity contribution is 1.11. The molecule has 3 aromatic heterocycles. The van der Waals surface area contributed by atoms with Gasteiger partial charge in [-0.1, -0.05) is 0 Å². The van der Waals surface area contributed by atoms with Crippen LogP contribution < -0.4 is 22.6 Å². The Morgan fingerprint density at radius 1 is 0.722 bits per heavy atom. The lowest BCUT2D eigenvalue weighted by Crippen LogP contribution is -2.17. The second-order valence-electron chi connectivity index (χ2n) is 3.47. The molecular formula is C8H6N8O2. The first kappa shape index (κ1) is 10.1. The molecule has 90 valence electrons. The topological polar surface area (TPSA) is 169 Å². The van der Waals surface area contributed by atoms with E-state index in [0.717, 1.165) is 0 Å². The predicted octanol–water partition coefficient (Wildman–Crippen LogP) is -1.89. The number of nitrogen functional groups attached to an aromatic ring is 2. The van der Waals surface area contributed by atoms with Crippen molar-refractivity contribution < 1.29 is 0 Å². The second kappa shape index (κ2) is 3.23. The number of fused-ring (bicyclic) bond motifs is 2. The fourth-order valence-electron chi connectivity index (χ4n) is 1.51. The molecule has 0 amide bonds. The zero-order chi connectivity index (χ0) is 12.9. The van der Waals surface area contributed by atoms with Crippen LogP contribution >= 0.6 is 0 Å². The van der Waals surface area contributed by atoms with Crippen LogP contribution in [0.4, 0.5) is 11.9 Å². The van der Waals surface area contributed by atoms with Crippen LogP contribution in [0, 0.1) is 0 Å². The van der Waals surface area contributed by atoms with Gasteiger partial charge in [0.15, 0.2) is 22.3 Å². The molecule has 10 heteroatoms. The molecule has 0 unspecified atom stereocenters. The molecule has 3 aromatic rings. The van der Waals surface area contributed by atoms with Gasteiger partial charge in [-0.05, 0) is 0 Å². The summed E-state index contributed by atoms with van der Waals surface area (Å²) < 4.78 is 0. The molecule has 0 radical (unpaired) electrons. The highest BCUT2D eigenvalue weighted by atomic mass is 16.1. The van der Waals surface area contributed by atoms with Crippen molar-refractivity contribution >= 4 is 34.2 Å². The van der Waals surface area contributed by atoms with E-state index in [2.05, 4.69) is 29.9 Å². The maximum Gasteiger partial charge on any atom is 0.280 e. The van der Waals surface area contributed by atoms with Gasteiger partial charge in [0.1, 0.15) is 0 Å². The third kappa shape index (κ3) is 1.36. The fourth-order valence-corrected chi connectivity index (χ4v) is 1.51. The van der Waals surface area contributed by atoms with E-state index in [1.54, 1.807) is 0 Å². The fraction of sp³-hybridized carbons (Fsp3) is 0. The lowest BCUT2D eigenvalue weighted by Gasteiger charge is -2.00. The van der Waals surface area contributed by atoms with Gasteiger partial charge < -0.3 is 11.5 Å². The average Bonchev–Trinajstić information content (AvgIpc) is 2.27. The molecule has 0 saturated carbocycles. The van der Waals surface area contributed by atoms with E-state index in [9.17, 15) is 9.59 Å². The van der Waals surface area contributed by atoms with Crippen molar-refractivity contribution in [2.45, 2.75) is 0 Å². The second-order valence-corrected chi connectivity index (χ2v) is 3.47. The van der Waals surface area contributed by atoms with Crippen molar-refractivity contribution in [3.05, 3.63) is 20.7 Å². The lowest BCUT2D eigenvalue weighted by atomic mass is 10.4. The van der Waals surface area contributed by atoms with Gasteiger partial charge in [-0.2, -0.15) is 9.97 Å². The molecule has 0 aromatic carbocycles. The van der Waals surface area contributed by atoms with Gasteiger partial charge in [0.25, 0.3) is 11.1 Å². The molecular weight excluding hydrogens is 240 g/mol. The molecule has 6 N–H and O–H groups in total. The summed E-state index contributed by atoms with van der Waals surface area (Å²) in [7, 11) is 0. The summed E-state index contributed by atoms with van der Waals surface area (Å²) in [6.07, 6.45) is 0. The Labute approximate surface area is 97.1 Å². The number of nitrogens with two attached hydrogens (primary N) is 2. The Bertz CT molecular complexity index is 820. The monoisotopic (exact) mass is 246 g/mol. The number of hydrogen-bond acceptors (Lipinski definition) is 8.